The molecule has 3 nitrogen and oxygen atoms in total. The van der Waals surface area contributed by atoms with E-state index >= 15 is 0 Å². The minimum atomic E-state index is -3.13. The van der Waals surface area contributed by atoms with Gasteiger partial charge in [0, 0.05) is 24.7 Å². The lowest BCUT2D eigenvalue weighted by molar-refractivity contribution is 0.594. The predicted octanol–water partition coefficient (Wildman–Crippen LogP) is 3.72. The van der Waals surface area contributed by atoms with Crippen LogP contribution in [0.25, 0.3) is 0 Å². The summed E-state index contributed by atoms with van der Waals surface area (Å²) in [6.45, 7) is 5.76. The quantitative estimate of drug-likeness (QED) is 0.651. The monoisotopic (exact) mass is 317 g/mol. The Bertz CT molecular complexity index is 485. The van der Waals surface area contributed by atoms with Crippen molar-refractivity contribution in [2.75, 3.05) is 29.6 Å². The SMILES string of the molecule is CCCCN(CCCl)c1ccc(S(=O)(=O)CCC)cc1. The van der Waals surface area contributed by atoms with Crippen LogP contribution in [0.2, 0.25) is 0 Å². The van der Waals surface area contributed by atoms with Crippen molar-refractivity contribution in [1.29, 1.82) is 0 Å². The van der Waals surface area contributed by atoms with Crippen LogP contribution in [-0.2, 0) is 9.84 Å². The van der Waals surface area contributed by atoms with E-state index in [-0.39, 0.29) is 5.75 Å². The Hall–Kier alpha value is -0.740. The number of sulfone groups is 1. The third kappa shape index (κ3) is 4.98. The van der Waals surface area contributed by atoms with E-state index in [1.807, 2.05) is 19.1 Å². The van der Waals surface area contributed by atoms with Gasteiger partial charge in [-0.15, -0.1) is 11.6 Å². The fourth-order valence-electron chi connectivity index (χ4n) is 2.07. The van der Waals surface area contributed by atoms with Gasteiger partial charge in [-0.25, -0.2) is 8.42 Å². The minimum Gasteiger partial charge on any atom is -0.370 e. The highest BCUT2D eigenvalue weighted by Gasteiger charge is 2.13. The molecule has 0 unspecified atom stereocenters. The number of halogens is 1. The molecular weight excluding hydrogens is 294 g/mol. The number of anilines is 1. The van der Waals surface area contributed by atoms with E-state index in [0.717, 1.165) is 31.6 Å². The molecule has 114 valence electrons. The molecule has 0 radical (unpaired) electrons. The van der Waals surface area contributed by atoms with Gasteiger partial charge >= 0.3 is 0 Å². The van der Waals surface area contributed by atoms with Gasteiger partial charge in [0.05, 0.1) is 10.6 Å². The molecule has 1 aromatic carbocycles. The molecule has 0 saturated carbocycles. The first-order chi connectivity index (χ1) is 9.55. The number of nitrogens with zero attached hydrogens (tertiary/aromatic N) is 1. The van der Waals surface area contributed by atoms with Crippen LogP contribution in [0, 0.1) is 0 Å². The number of unbranched alkanes of at least 4 members (excludes halogenated alkanes) is 1. The molecular formula is C15H24ClNO2S. The molecule has 0 heterocycles. The highest BCUT2D eigenvalue weighted by Crippen LogP contribution is 2.20. The normalized spacial score (nSPS) is 11.6. The lowest BCUT2D eigenvalue weighted by Gasteiger charge is -2.24. The van der Waals surface area contributed by atoms with Crippen LogP contribution in [0.15, 0.2) is 29.2 Å². The van der Waals surface area contributed by atoms with E-state index in [0.29, 0.717) is 17.2 Å². The molecule has 20 heavy (non-hydrogen) atoms. The molecule has 0 atom stereocenters. The zero-order chi connectivity index (χ0) is 15.0. The molecule has 0 amide bonds. The third-order valence-corrected chi connectivity index (χ3v) is 5.27. The Morgan fingerprint density at radius 3 is 2.20 bits per heavy atom. The highest BCUT2D eigenvalue weighted by atomic mass is 35.5. The van der Waals surface area contributed by atoms with Gasteiger partial charge in [-0.2, -0.15) is 0 Å². The van der Waals surface area contributed by atoms with Crippen molar-refractivity contribution in [2.24, 2.45) is 0 Å². The van der Waals surface area contributed by atoms with E-state index in [4.69, 9.17) is 11.6 Å². The number of rotatable bonds is 9. The molecule has 0 bridgehead atoms. The van der Waals surface area contributed by atoms with Gasteiger partial charge in [0.15, 0.2) is 9.84 Å². The molecule has 1 rings (SSSR count). The maximum absolute atomic E-state index is 12.0. The molecule has 0 spiro atoms. The molecule has 1 aromatic rings. The van der Waals surface area contributed by atoms with Crippen molar-refractivity contribution < 1.29 is 8.42 Å². The highest BCUT2D eigenvalue weighted by molar-refractivity contribution is 7.91. The molecule has 0 aliphatic rings. The molecule has 0 aliphatic heterocycles. The summed E-state index contributed by atoms with van der Waals surface area (Å²) in [5, 5.41) is 0. The van der Waals surface area contributed by atoms with Gasteiger partial charge < -0.3 is 4.90 Å². The number of benzene rings is 1. The first-order valence-corrected chi connectivity index (χ1v) is 9.37. The van der Waals surface area contributed by atoms with Crippen molar-refractivity contribution in [3.8, 4) is 0 Å². The van der Waals surface area contributed by atoms with Gasteiger partial charge in [-0.1, -0.05) is 20.3 Å². The average Bonchev–Trinajstić information content (AvgIpc) is 2.43. The number of hydrogen-bond acceptors (Lipinski definition) is 3. The van der Waals surface area contributed by atoms with Crippen LogP contribution in [0.4, 0.5) is 5.69 Å². The van der Waals surface area contributed by atoms with Gasteiger partial charge in [0.1, 0.15) is 0 Å². The fraction of sp³-hybridized carbons (Fsp3) is 0.600. The van der Waals surface area contributed by atoms with E-state index in [1.54, 1.807) is 12.1 Å². The summed E-state index contributed by atoms with van der Waals surface area (Å²) in [5.41, 5.74) is 1.04. The smallest absolute Gasteiger partial charge is 0.178 e. The van der Waals surface area contributed by atoms with Crippen LogP contribution < -0.4 is 4.90 Å². The van der Waals surface area contributed by atoms with E-state index in [1.165, 1.54) is 0 Å². The second-order valence-electron chi connectivity index (χ2n) is 4.84. The minimum absolute atomic E-state index is 0.202. The zero-order valence-electron chi connectivity index (χ0n) is 12.3. The summed E-state index contributed by atoms with van der Waals surface area (Å²) >= 11 is 5.83. The van der Waals surface area contributed by atoms with Crippen LogP contribution in [0.1, 0.15) is 33.1 Å². The molecule has 0 N–H and O–H groups in total. The van der Waals surface area contributed by atoms with E-state index in [9.17, 15) is 8.42 Å². The second-order valence-corrected chi connectivity index (χ2v) is 7.33. The maximum atomic E-state index is 12.0. The Balaban J connectivity index is 2.87. The Kier molecular flexibility index (Phi) is 7.38. The van der Waals surface area contributed by atoms with Crippen molar-refractivity contribution in [2.45, 2.75) is 38.0 Å². The maximum Gasteiger partial charge on any atom is 0.178 e. The van der Waals surface area contributed by atoms with E-state index in [2.05, 4.69) is 11.8 Å². The second kappa shape index (κ2) is 8.53. The molecule has 0 aliphatic carbocycles. The Labute approximate surface area is 127 Å². The summed E-state index contributed by atoms with van der Waals surface area (Å²) in [4.78, 5) is 2.61. The Morgan fingerprint density at radius 2 is 1.70 bits per heavy atom. The molecule has 0 fully saturated rings. The van der Waals surface area contributed by atoms with Crippen LogP contribution in [0.5, 0.6) is 0 Å². The topological polar surface area (TPSA) is 37.4 Å². The van der Waals surface area contributed by atoms with Crippen LogP contribution in [-0.4, -0.2) is 33.1 Å². The third-order valence-electron chi connectivity index (χ3n) is 3.17. The van der Waals surface area contributed by atoms with Crippen molar-refractivity contribution in [3.05, 3.63) is 24.3 Å². The lowest BCUT2D eigenvalue weighted by atomic mass is 10.2. The largest absolute Gasteiger partial charge is 0.370 e. The fourth-order valence-corrected chi connectivity index (χ4v) is 3.60. The van der Waals surface area contributed by atoms with Crippen molar-refractivity contribution in [3.63, 3.8) is 0 Å². The number of hydrogen-bond donors (Lipinski definition) is 0. The summed E-state index contributed by atoms with van der Waals surface area (Å²) in [6, 6.07) is 7.16. The van der Waals surface area contributed by atoms with Crippen molar-refractivity contribution in [1.82, 2.24) is 0 Å². The van der Waals surface area contributed by atoms with E-state index < -0.39 is 9.84 Å². The van der Waals surface area contributed by atoms with Gasteiger partial charge in [-0.05, 0) is 37.1 Å². The lowest BCUT2D eigenvalue weighted by Crippen LogP contribution is -2.26. The van der Waals surface area contributed by atoms with Gasteiger partial charge in [0.25, 0.3) is 0 Å². The summed E-state index contributed by atoms with van der Waals surface area (Å²) in [6.07, 6.45) is 2.87. The Morgan fingerprint density at radius 1 is 1.05 bits per heavy atom. The number of alkyl halides is 1. The first kappa shape index (κ1) is 17.3. The molecule has 0 saturated heterocycles. The molecule has 5 heteroatoms. The first-order valence-electron chi connectivity index (χ1n) is 7.19. The zero-order valence-corrected chi connectivity index (χ0v) is 13.9. The standard InChI is InChI=1S/C15H24ClNO2S/c1-3-5-11-17(12-10-16)14-6-8-15(9-7-14)20(18,19)13-4-2/h6-9H,3-5,10-13H2,1-2H3. The van der Waals surface area contributed by atoms with Crippen LogP contribution in [0.3, 0.4) is 0 Å². The summed E-state index contributed by atoms with van der Waals surface area (Å²) in [7, 11) is -3.13. The van der Waals surface area contributed by atoms with Gasteiger partial charge in [0.2, 0.25) is 0 Å². The average molecular weight is 318 g/mol. The van der Waals surface area contributed by atoms with Crippen LogP contribution >= 0.6 is 11.6 Å². The summed E-state index contributed by atoms with van der Waals surface area (Å²) in [5.74, 6) is 0.771. The van der Waals surface area contributed by atoms with Crippen molar-refractivity contribution >= 4 is 27.1 Å². The van der Waals surface area contributed by atoms with Gasteiger partial charge in [-0.3, -0.25) is 0 Å². The molecule has 0 aromatic heterocycles. The predicted molar refractivity (Wildman–Crippen MR) is 86.6 cm³/mol. The summed E-state index contributed by atoms with van der Waals surface area (Å²) < 4.78 is 24.0.